The Balaban J connectivity index is 2.01. The average molecular weight is 321 g/mol. The number of aryl methyl sites for hydroxylation is 3. The highest BCUT2D eigenvalue weighted by atomic mass is 32.2. The Hall–Kier alpha value is -1.14. The molecule has 2 aromatic heterocycles. The van der Waals surface area contributed by atoms with Crippen LogP contribution in [-0.4, -0.2) is 27.7 Å². The van der Waals surface area contributed by atoms with Crippen molar-refractivity contribution in [2.24, 2.45) is 0 Å². The van der Waals surface area contributed by atoms with Crippen LogP contribution in [0, 0.1) is 20.8 Å². The molecule has 0 saturated carbocycles. The van der Waals surface area contributed by atoms with Crippen molar-refractivity contribution in [1.82, 2.24) is 15.3 Å². The summed E-state index contributed by atoms with van der Waals surface area (Å²) in [5, 5.41) is 5.05. The summed E-state index contributed by atoms with van der Waals surface area (Å²) in [6.45, 7) is 6.94. The number of aromatic nitrogens is 2. The molecule has 0 spiro atoms. The number of thioether (sulfide) groups is 1. The van der Waals surface area contributed by atoms with Gasteiger partial charge in [0.05, 0.1) is 5.25 Å². The lowest BCUT2D eigenvalue weighted by molar-refractivity contribution is -0.120. The third-order valence-electron chi connectivity index (χ3n) is 3.85. The number of thiophene rings is 1. The molecule has 1 saturated heterocycles. The smallest absolute Gasteiger partial charge is 0.233 e. The van der Waals surface area contributed by atoms with Crippen LogP contribution in [0.15, 0.2) is 5.03 Å². The summed E-state index contributed by atoms with van der Waals surface area (Å²) in [7, 11) is 0. The normalized spacial score (nSPS) is 19.6. The minimum absolute atomic E-state index is 0.0374. The van der Waals surface area contributed by atoms with Crippen LogP contribution in [0.5, 0.6) is 0 Å². The van der Waals surface area contributed by atoms with E-state index in [0.29, 0.717) is 0 Å². The molecule has 1 fully saturated rings. The number of carbonyl (C=O) groups excluding carboxylic acids is 1. The third-order valence-corrected chi connectivity index (χ3v) is 6.20. The first kappa shape index (κ1) is 14.8. The van der Waals surface area contributed by atoms with Gasteiger partial charge in [-0.05, 0) is 39.2 Å². The van der Waals surface area contributed by atoms with Crippen LogP contribution >= 0.6 is 23.1 Å². The Morgan fingerprint density at radius 3 is 2.86 bits per heavy atom. The molecular weight excluding hydrogens is 302 g/mol. The zero-order valence-corrected chi connectivity index (χ0v) is 14.2. The standard InChI is InChI=1S/C15H19N3OS2/c1-8-9(2)20-14-12(8)15(18-10(3)17-14)21-11-6-4-5-7-16-13(11)19/h11H,4-7H2,1-3H3,(H,16,19)/t11-/m1/s1. The van der Waals surface area contributed by atoms with Gasteiger partial charge in [-0.3, -0.25) is 4.79 Å². The summed E-state index contributed by atoms with van der Waals surface area (Å²) >= 11 is 3.31. The molecule has 0 aromatic carbocycles. The molecule has 0 unspecified atom stereocenters. The van der Waals surface area contributed by atoms with Gasteiger partial charge in [-0.2, -0.15) is 0 Å². The number of nitrogens with one attached hydrogen (secondary N) is 1. The molecule has 1 aliphatic heterocycles. The predicted molar refractivity (Wildman–Crippen MR) is 88.1 cm³/mol. The summed E-state index contributed by atoms with van der Waals surface area (Å²) in [6, 6.07) is 0. The molecule has 112 valence electrons. The fraction of sp³-hybridized carbons (Fsp3) is 0.533. The fourth-order valence-corrected chi connectivity index (χ4v) is 4.99. The molecule has 21 heavy (non-hydrogen) atoms. The first-order valence-corrected chi connectivity index (χ1v) is 8.94. The molecule has 4 nitrogen and oxygen atoms in total. The van der Waals surface area contributed by atoms with E-state index in [9.17, 15) is 4.79 Å². The zero-order valence-electron chi connectivity index (χ0n) is 12.5. The van der Waals surface area contributed by atoms with Crippen LogP contribution in [0.4, 0.5) is 0 Å². The first-order chi connectivity index (χ1) is 10.1. The number of hydrogen-bond donors (Lipinski definition) is 1. The second-order valence-electron chi connectivity index (χ2n) is 5.43. The summed E-state index contributed by atoms with van der Waals surface area (Å²) in [5.41, 5.74) is 1.24. The van der Waals surface area contributed by atoms with Gasteiger partial charge in [-0.1, -0.05) is 18.2 Å². The van der Waals surface area contributed by atoms with Gasteiger partial charge in [0.25, 0.3) is 0 Å². The maximum atomic E-state index is 12.2. The highest BCUT2D eigenvalue weighted by molar-refractivity contribution is 8.00. The SMILES string of the molecule is Cc1nc(S[C@@H]2CCCCNC2=O)c2c(C)c(C)sc2n1. The lowest BCUT2D eigenvalue weighted by Gasteiger charge is -2.13. The van der Waals surface area contributed by atoms with E-state index in [1.54, 1.807) is 23.1 Å². The van der Waals surface area contributed by atoms with Crippen molar-refractivity contribution in [1.29, 1.82) is 0 Å². The summed E-state index contributed by atoms with van der Waals surface area (Å²) in [6.07, 6.45) is 3.08. The molecule has 1 atom stereocenters. The Kier molecular flexibility index (Phi) is 4.17. The zero-order chi connectivity index (χ0) is 15.0. The van der Waals surface area contributed by atoms with Gasteiger partial charge in [-0.25, -0.2) is 9.97 Å². The topological polar surface area (TPSA) is 54.9 Å². The number of carbonyl (C=O) groups is 1. The highest BCUT2D eigenvalue weighted by Crippen LogP contribution is 2.37. The van der Waals surface area contributed by atoms with E-state index in [1.165, 1.54) is 10.4 Å². The maximum absolute atomic E-state index is 12.2. The van der Waals surface area contributed by atoms with Crippen molar-refractivity contribution in [3.05, 3.63) is 16.3 Å². The minimum Gasteiger partial charge on any atom is -0.355 e. The number of hydrogen-bond acceptors (Lipinski definition) is 5. The predicted octanol–water partition coefficient (Wildman–Crippen LogP) is 3.38. The molecule has 1 amide bonds. The van der Waals surface area contributed by atoms with Crippen molar-refractivity contribution in [3.8, 4) is 0 Å². The quantitative estimate of drug-likeness (QED) is 0.862. The van der Waals surface area contributed by atoms with E-state index in [-0.39, 0.29) is 11.2 Å². The van der Waals surface area contributed by atoms with Crippen molar-refractivity contribution < 1.29 is 4.79 Å². The average Bonchev–Trinajstić information content (AvgIpc) is 2.59. The van der Waals surface area contributed by atoms with Gasteiger partial charge in [0.15, 0.2) is 0 Å². The second-order valence-corrected chi connectivity index (χ2v) is 7.83. The van der Waals surface area contributed by atoms with Crippen LogP contribution < -0.4 is 5.32 Å². The molecular formula is C15H19N3OS2. The molecule has 2 aromatic rings. The largest absolute Gasteiger partial charge is 0.355 e. The van der Waals surface area contributed by atoms with Crippen molar-refractivity contribution >= 4 is 39.2 Å². The van der Waals surface area contributed by atoms with E-state index in [4.69, 9.17) is 0 Å². The Bertz CT molecular complexity index is 696. The van der Waals surface area contributed by atoms with Gasteiger partial charge in [0.2, 0.25) is 5.91 Å². The highest BCUT2D eigenvalue weighted by Gasteiger charge is 2.24. The molecule has 3 heterocycles. The lowest BCUT2D eigenvalue weighted by Crippen LogP contribution is -2.30. The molecule has 1 N–H and O–H groups in total. The van der Waals surface area contributed by atoms with Crippen molar-refractivity contribution in [2.45, 2.75) is 50.3 Å². The van der Waals surface area contributed by atoms with Gasteiger partial charge < -0.3 is 5.32 Å². The molecule has 1 aliphatic rings. The van der Waals surface area contributed by atoms with Crippen LogP contribution in [-0.2, 0) is 4.79 Å². The summed E-state index contributed by atoms with van der Waals surface area (Å²) < 4.78 is 0. The summed E-state index contributed by atoms with van der Waals surface area (Å²) in [5.74, 6) is 0.923. The van der Waals surface area contributed by atoms with Crippen LogP contribution in [0.3, 0.4) is 0 Å². The fourth-order valence-electron chi connectivity index (χ4n) is 2.56. The molecule has 0 aliphatic carbocycles. The Labute approximate surface area is 132 Å². The Morgan fingerprint density at radius 2 is 2.05 bits per heavy atom. The lowest BCUT2D eigenvalue weighted by atomic mass is 10.2. The summed E-state index contributed by atoms with van der Waals surface area (Å²) in [4.78, 5) is 23.6. The molecule has 0 bridgehead atoms. The monoisotopic (exact) mass is 321 g/mol. The van der Waals surface area contributed by atoms with Crippen molar-refractivity contribution in [3.63, 3.8) is 0 Å². The number of amides is 1. The van der Waals surface area contributed by atoms with Gasteiger partial charge in [-0.15, -0.1) is 11.3 Å². The maximum Gasteiger partial charge on any atom is 0.233 e. The second kappa shape index (κ2) is 5.93. The Morgan fingerprint density at radius 1 is 1.24 bits per heavy atom. The molecule has 0 radical (unpaired) electrons. The number of fused-ring (bicyclic) bond motifs is 1. The van der Waals surface area contributed by atoms with Gasteiger partial charge in [0.1, 0.15) is 15.7 Å². The van der Waals surface area contributed by atoms with E-state index in [1.807, 2.05) is 6.92 Å². The van der Waals surface area contributed by atoms with Gasteiger partial charge in [0, 0.05) is 16.8 Å². The molecule has 6 heteroatoms. The number of nitrogens with zero attached hydrogens (tertiary/aromatic N) is 2. The third kappa shape index (κ3) is 2.92. The van der Waals surface area contributed by atoms with Crippen LogP contribution in [0.1, 0.15) is 35.5 Å². The van der Waals surface area contributed by atoms with Gasteiger partial charge >= 0.3 is 0 Å². The number of rotatable bonds is 2. The molecule has 3 rings (SSSR count). The van der Waals surface area contributed by atoms with E-state index >= 15 is 0 Å². The first-order valence-electron chi connectivity index (χ1n) is 7.25. The van der Waals surface area contributed by atoms with Crippen molar-refractivity contribution in [2.75, 3.05) is 6.54 Å². The van der Waals surface area contributed by atoms with E-state index in [2.05, 4.69) is 29.1 Å². The minimum atomic E-state index is -0.0374. The van der Waals surface area contributed by atoms with Crippen LogP contribution in [0.25, 0.3) is 10.2 Å². The van der Waals surface area contributed by atoms with E-state index < -0.39 is 0 Å². The van der Waals surface area contributed by atoms with E-state index in [0.717, 1.165) is 46.9 Å². The van der Waals surface area contributed by atoms with Crippen LogP contribution in [0.2, 0.25) is 0 Å².